The fourth-order valence-corrected chi connectivity index (χ4v) is 1.73. The summed E-state index contributed by atoms with van der Waals surface area (Å²) in [5.41, 5.74) is -0.117. The average molecular weight is 297 g/mol. The highest BCUT2D eigenvalue weighted by molar-refractivity contribution is 6.04. The molecule has 2 aromatic carbocycles. The molecule has 0 atom stereocenters. The zero-order valence-corrected chi connectivity index (χ0v) is 11.0. The Balaban J connectivity index is 2.26. The quantitative estimate of drug-likeness (QED) is 0.818. The van der Waals surface area contributed by atoms with Crippen molar-refractivity contribution in [2.45, 2.75) is 13.1 Å². The van der Waals surface area contributed by atoms with Crippen molar-refractivity contribution in [1.29, 1.82) is 0 Å². The zero-order valence-electron chi connectivity index (χ0n) is 11.0. The summed E-state index contributed by atoms with van der Waals surface area (Å²) in [7, 11) is 0. The highest BCUT2D eigenvalue weighted by atomic mass is 19.4. The topological polar surface area (TPSA) is 29.1 Å². The summed E-state index contributed by atoms with van der Waals surface area (Å²) in [5, 5.41) is 2.40. The molecule has 2 nitrogen and oxygen atoms in total. The Morgan fingerprint density at radius 3 is 2.24 bits per heavy atom. The van der Waals surface area contributed by atoms with Crippen LogP contribution in [-0.4, -0.2) is 5.91 Å². The van der Waals surface area contributed by atoms with Crippen LogP contribution in [0.3, 0.4) is 0 Å². The number of benzene rings is 2. The molecule has 0 aliphatic rings. The van der Waals surface area contributed by atoms with Crippen LogP contribution in [0.25, 0.3) is 0 Å². The van der Waals surface area contributed by atoms with Gasteiger partial charge in [-0.05, 0) is 48.9 Å². The van der Waals surface area contributed by atoms with Gasteiger partial charge in [0.05, 0.1) is 5.56 Å². The Morgan fingerprint density at radius 2 is 1.67 bits per heavy atom. The second kappa shape index (κ2) is 5.55. The van der Waals surface area contributed by atoms with E-state index in [4.69, 9.17) is 0 Å². The molecule has 21 heavy (non-hydrogen) atoms. The van der Waals surface area contributed by atoms with Crippen LogP contribution >= 0.6 is 0 Å². The number of amides is 1. The van der Waals surface area contributed by atoms with Crippen molar-refractivity contribution in [2.24, 2.45) is 0 Å². The molecule has 0 aromatic heterocycles. The van der Waals surface area contributed by atoms with Crippen molar-refractivity contribution >= 4 is 11.6 Å². The first-order chi connectivity index (χ1) is 9.77. The third-order valence-electron chi connectivity index (χ3n) is 2.92. The largest absolute Gasteiger partial charge is 0.416 e. The molecule has 0 heterocycles. The number of alkyl halides is 3. The van der Waals surface area contributed by atoms with Gasteiger partial charge in [-0.3, -0.25) is 4.79 Å². The molecule has 1 amide bonds. The first kappa shape index (κ1) is 15.0. The number of nitrogens with one attached hydrogen (secondary N) is 1. The van der Waals surface area contributed by atoms with Crippen molar-refractivity contribution in [3.05, 3.63) is 65.0 Å². The van der Waals surface area contributed by atoms with E-state index in [9.17, 15) is 22.4 Å². The van der Waals surface area contributed by atoms with Crippen molar-refractivity contribution in [2.75, 3.05) is 5.32 Å². The number of anilines is 1. The van der Waals surface area contributed by atoms with Gasteiger partial charge in [-0.15, -0.1) is 0 Å². The molecule has 0 saturated carbocycles. The number of hydrogen-bond acceptors (Lipinski definition) is 1. The number of halogens is 4. The van der Waals surface area contributed by atoms with Gasteiger partial charge < -0.3 is 5.32 Å². The summed E-state index contributed by atoms with van der Waals surface area (Å²) in [4.78, 5) is 11.9. The molecule has 0 bridgehead atoms. The molecule has 2 rings (SSSR count). The van der Waals surface area contributed by atoms with Gasteiger partial charge in [-0.1, -0.05) is 6.07 Å². The third kappa shape index (κ3) is 3.59. The fraction of sp³-hybridized carbons (Fsp3) is 0.133. The maximum atomic E-state index is 12.8. The van der Waals surface area contributed by atoms with Gasteiger partial charge in [-0.2, -0.15) is 13.2 Å². The van der Waals surface area contributed by atoms with Gasteiger partial charge in [0.25, 0.3) is 5.91 Å². The number of carbonyl (C=O) groups is 1. The molecule has 0 spiro atoms. The van der Waals surface area contributed by atoms with E-state index < -0.39 is 23.5 Å². The Morgan fingerprint density at radius 1 is 1.05 bits per heavy atom. The molecule has 110 valence electrons. The van der Waals surface area contributed by atoms with Crippen LogP contribution < -0.4 is 5.32 Å². The summed E-state index contributed by atoms with van der Waals surface area (Å²) >= 11 is 0. The van der Waals surface area contributed by atoms with E-state index in [1.54, 1.807) is 6.92 Å². The second-order valence-corrected chi connectivity index (χ2v) is 4.49. The molecule has 0 fully saturated rings. The van der Waals surface area contributed by atoms with Crippen LogP contribution in [0, 0.1) is 12.7 Å². The van der Waals surface area contributed by atoms with Crippen LogP contribution in [0.5, 0.6) is 0 Å². The van der Waals surface area contributed by atoms with Crippen molar-refractivity contribution in [3.8, 4) is 0 Å². The Bertz CT molecular complexity index is 662. The normalized spacial score (nSPS) is 11.3. The molecule has 6 heteroatoms. The van der Waals surface area contributed by atoms with Crippen LogP contribution in [-0.2, 0) is 6.18 Å². The van der Waals surface area contributed by atoms with Crippen molar-refractivity contribution < 1.29 is 22.4 Å². The monoisotopic (exact) mass is 297 g/mol. The summed E-state index contributed by atoms with van der Waals surface area (Å²) in [6, 6.07) is 7.83. The minimum atomic E-state index is -4.48. The molecular weight excluding hydrogens is 286 g/mol. The van der Waals surface area contributed by atoms with E-state index >= 15 is 0 Å². The molecule has 1 N–H and O–H groups in total. The lowest BCUT2D eigenvalue weighted by Gasteiger charge is -2.12. The van der Waals surface area contributed by atoms with Crippen molar-refractivity contribution in [3.63, 3.8) is 0 Å². The number of carbonyl (C=O) groups excluding carboxylic acids is 1. The van der Waals surface area contributed by atoms with E-state index in [-0.39, 0.29) is 11.3 Å². The zero-order chi connectivity index (χ0) is 15.6. The predicted molar refractivity (Wildman–Crippen MR) is 70.5 cm³/mol. The fourth-order valence-electron chi connectivity index (χ4n) is 1.73. The first-order valence-electron chi connectivity index (χ1n) is 6.02. The van der Waals surface area contributed by atoms with E-state index in [1.165, 1.54) is 18.2 Å². The van der Waals surface area contributed by atoms with Crippen LogP contribution in [0.15, 0.2) is 42.5 Å². The van der Waals surface area contributed by atoms with Crippen LogP contribution in [0.1, 0.15) is 21.5 Å². The van der Waals surface area contributed by atoms with Crippen molar-refractivity contribution in [1.82, 2.24) is 0 Å². The molecule has 0 aliphatic heterocycles. The average Bonchev–Trinajstić information content (AvgIpc) is 2.40. The molecular formula is C15H11F4NO. The molecule has 0 radical (unpaired) electrons. The molecule has 2 aromatic rings. The molecule has 0 unspecified atom stereocenters. The Kier molecular flexibility index (Phi) is 3.97. The Hall–Kier alpha value is -2.37. The smallest absolute Gasteiger partial charge is 0.322 e. The number of aryl methyl sites for hydroxylation is 1. The van der Waals surface area contributed by atoms with E-state index in [2.05, 4.69) is 5.32 Å². The minimum absolute atomic E-state index is 0.0687. The van der Waals surface area contributed by atoms with Crippen LogP contribution in [0.2, 0.25) is 0 Å². The van der Waals surface area contributed by atoms with Gasteiger partial charge in [0.2, 0.25) is 0 Å². The number of rotatable bonds is 2. The van der Waals surface area contributed by atoms with Gasteiger partial charge in [0.15, 0.2) is 0 Å². The third-order valence-corrected chi connectivity index (χ3v) is 2.92. The van der Waals surface area contributed by atoms with Gasteiger partial charge >= 0.3 is 6.18 Å². The Labute approximate surface area is 118 Å². The summed E-state index contributed by atoms with van der Waals surface area (Å²) in [6.07, 6.45) is -4.48. The lowest BCUT2D eigenvalue weighted by Crippen LogP contribution is -2.14. The highest BCUT2D eigenvalue weighted by Crippen LogP contribution is 2.32. The summed E-state index contributed by atoms with van der Waals surface area (Å²) < 4.78 is 50.7. The maximum absolute atomic E-state index is 12.8. The predicted octanol–water partition coefficient (Wildman–Crippen LogP) is 4.41. The lowest BCUT2D eigenvalue weighted by molar-refractivity contribution is -0.137. The van der Waals surface area contributed by atoms with Crippen LogP contribution in [0.4, 0.5) is 23.2 Å². The van der Waals surface area contributed by atoms with E-state index in [0.717, 1.165) is 24.3 Å². The second-order valence-electron chi connectivity index (χ2n) is 4.49. The minimum Gasteiger partial charge on any atom is -0.322 e. The van der Waals surface area contributed by atoms with Gasteiger partial charge in [-0.25, -0.2) is 4.39 Å². The summed E-state index contributed by atoms with van der Waals surface area (Å²) in [5.74, 6) is -1.10. The first-order valence-corrected chi connectivity index (χ1v) is 6.02. The molecule has 0 saturated heterocycles. The number of hydrogen-bond donors (Lipinski definition) is 1. The lowest BCUT2D eigenvalue weighted by atomic mass is 10.1. The standard InChI is InChI=1S/C15H11F4NO/c1-9-2-5-11(15(17,18)19)8-13(9)20-14(21)10-3-6-12(16)7-4-10/h2-8H,1H3,(H,20,21). The molecule has 0 aliphatic carbocycles. The summed E-state index contributed by atoms with van der Waals surface area (Å²) in [6.45, 7) is 1.58. The van der Waals surface area contributed by atoms with E-state index in [0.29, 0.717) is 5.56 Å². The van der Waals surface area contributed by atoms with Gasteiger partial charge in [0, 0.05) is 11.3 Å². The highest BCUT2D eigenvalue weighted by Gasteiger charge is 2.30. The maximum Gasteiger partial charge on any atom is 0.416 e. The van der Waals surface area contributed by atoms with E-state index in [1.807, 2.05) is 0 Å². The SMILES string of the molecule is Cc1ccc(C(F)(F)F)cc1NC(=O)c1ccc(F)cc1. The van der Waals surface area contributed by atoms with Gasteiger partial charge in [0.1, 0.15) is 5.82 Å².